The minimum atomic E-state index is 0.472. The lowest BCUT2D eigenvalue weighted by Gasteiger charge is -2.48. The third kappa shape index (κ3) is 3.37. The molecule has 0 amide bonds. The second-order valence-corrected chi connectivity index (χ2v) is 9.40. The lowest BCUT2D eigenvalue weighted by atomic mass is 9.73. The summed E-state index contributed by atoms with van der Waals surface area (Å²) in [7, 11) is 0. The number of anilines is 1. The molecule has 0 atom stereocenters. The van der Waals surface area contributed by atoms with Gasteiger partial charge in [-0.2, -0.15) is 5.26 Å². The maximum Gasteiger partial charge on any atom is 0.180 e. The Bertz CT molecular complexity index is 1350. The van der Waals surface area contributed by atoms with Crippen molar-refractivity contribution in [2.24, 2.45) is 5.41 Å². The minimum Gasteiger partial charge on any atom is -0.353 e. The highest BCUT2D eigenvalue weighted by Gasteiger charge is 2.40. The third-order valence-electron chi connectivity index (χ3n) is 7.26. The van der Waals surface area contributed by atoms with E-state index >= 15 is 0 Å². The van der Waals surface area contributed by atoms with Crippen LogP contribution in [-0.4, -0.2) is 40.5 Å². The van der Waals surface area contributed by atoms with E-state index in [1.165, 1.54) is 18.4 Å². The van der Waals surface area contributed by atoms with Crippen molar-refractivity contribution in [2.45, 2.75) is 19.8 Å². The van der Waals surface area contributed by atoms with Crippen LogP contribution < -0.4 is 10.2 Å². The Kier molecular flexibility index (Phi) is 4.67. The van der Waals surface area contributed by atoms with Gasteiger partial charge >= 0.3 is 0 Å². The Hall–Kier alpha value is -3.69. The van der Waals surface area contributed by atoms with E-state index in [0.717, 1.165) is 60.2 Å². The molecule has 0 unspecified atom stereocenters. The molecule has 0 saturated carbocycles. The first-order valence-corrected chi connectivity index (χ1v) is 11.6. The molecule has 4 aromatic rings. The van der Waals surface area contributed by atoms with E-state index in [1.807, 2.05) is 36.7 Å². The normalized spacial score (nSPS) is 17.2. The molecule has 1 spiro atoms. The van der Waals surface area contributed by atoms with Crippen LogP contribution in [0.1, 0.15) is 24.0 Å². The summed E-state index contributed by atoms with van der Waals surface area (Å²) in [5.74, 6) is 0.942. The summed E-state index contributed by atoms with van der Waals surface area (Å²) in [4.78, 5) is 12.4. The molecule has 6 heteroatoms. The summed E-state index contributed by atoms with van der Waals surface area (Å²) in [5, 5.41) is 12.7. The predicted molar refractivity (Wildman–Crippen MR) is 130 cm³/mol. The molecular formula is C27H26N6. The molecule has 4 heterocycles. The van der Waals surface area contributed by atoms with E-state index in [-0.39, 0.29) is 0 Å². The highest BCUT2D eigenvalue weighted by molar-refractivity contribution is 5.84. The lowest BCUT2D eigenvalue weighted by molar-refractivity contribution is 0.126. The number of aryl methyl sites for hydroxylation is 1. The molecule has 6 rings (SSSR count). The van der Waals surface area contributed by atoms with Crippen LogP contribution in [0.4, 0.5) is 5.82 Å². The molecule has 6 nitrogen and oxygen atoms in total. The number of imidazole rings is 1. The van der Waals surface area contributed by atoms with Crippen molar-refractivity contribution < 1.29 is 0 Å². The Balaban J connectivity index is 1.52. The number of nitrogens with zero attached hydrogens (tertiary/aromatic N) is 5. The second-order valence-electron chi connectivity index (χ2n) is 9.40. The van der Waals surface area contributed by atoms with Gasteiger partial charge in [-0.25, -0.2) is 9.97 Å². The smallest absolute Gasteiger partial charge is 0.180 e. The first-order valence-electron chi connectivity index (χ1n) is 11.6. The van der Waals surface area contributed by atoms with Gasteiger partial charge in [0, 0.05) is 49.7 Å². The number of rotatable bonds is 3. The number of aromatic nitrogens is 3. The summed E-state index contributed by atoms with van der Waals surface area (Å²) in [6, 6.07) is 18.5. The standard InChI is InChI=1S/C27H26N6/c1-19-2-6-22(7-3-19)24-23(21-8-4-20(16-28)5-9-21)31-26(25-30-12-15-33(24)25)32-13-10-27(11-14-32)17-29-18-27/h2-9,12,15,29H,10-11,13-14,17-18H2,1H3. The molecule has 2 aromatic heterocycles. The van der Waals surface area contributed by atoms with E-state index < -0.39 is 0 Å². The van der Waals surface area contributed by atoms with Crippen molar-refractivity contribution in [1.82, 2.24) is 19.7 Å². The van der Waals surface area contributed by atoms with Gasteiger partial charge < -0.3 is 10.2 Å². The van der Waals surface area contributed by atoms with Crippen LogP contribution in [0.25, 0.3) is 28.2 Å². The van der Waals surface area contributed by atoms with Crippen LogP contribution in [0.15, 0.2) is 60.9 Å². The summed E-state index contributed by atoms with van der Waals surface area (Å²) in [6.07, 6.45) is 6.26. The van der Waals surface area contributed by atoms with Gasteiger partial charge in [-0.3, -0.25) is 4.40 Å². The number of hydrogen-bond acceptors (Lipinski definition) is 5. The van der Waals surface area contributed by atoms with Gasteiger partial charge in [-0.05, 0) is 37.3 Å². The van der Waals surface area contributed by atoms with Crippen LogP contribution in [0.3, 0.4) is 0 Å². The van der Waals surface area contributed by atoms with Gasteiger partial charge in [0.2, 0.25) is 0 Å². The van der Waals surface area contributed by atoms with E-state index in [2.05, 4.69) is 51.9 Å². The fourth-order valence-corrected chi connectivity index (χ4v) is 5.10. The van der Waals surface area contributed by atoms with E-state index in [9.17, 15) is 5.26 Å². The van der Waals surface area contributed by atoms with Gasteiger partial charge in [-0.15, -0.1) is 0 Å². The molecule has 1 N–H and O–H groups in total. The van der Waals surface area contributed by atoms with Crippen LogP contribution in [-0.2, 0) is 0 Å². The number of fused-ring (bicyclic) bond motifs is 1. The first-order chi connectivity index (χ1) is 16.2. The third-order valence-corrected chi connectivity index (χ3v) is 7.26. The average Bonchev–Trinajstić information content (AvgIpc) is 3.33. The van der Waals surface area contributed by atoms with Gasteiger partial charge in [0.1, 0.15) is 0 Å². The first kappa shape index (κ1) is 20.0. The summed E-state index contributed by atoms with van der Waals surface area (Å²) in [5.41, 5.74) is 7.26. The van der Waals surface area contributed by atoms with Gasteiger partial charge in [0.05, 0.1) is 23.0 Å². The van der Waals surface area contributed by atoms with Crippen molar-refractivity contribution in [3.8, 4) is 28.6 Å². The molecule has 0 aliphatic carbocycles. The molecular weight excluding hydrogens is 408 g/mol. The number of benzene rings is 2. The molecule has 0 bridgehead atoms. The van der Waals surface area contributed by atoms with Crippen LogP contribution >= 0.6 is 0 Å². The molecule has 0 radical (unpaired) electrons. The Morgan fingerprint density at radius 2 is 1.67 bits per heavy atom. The molecule has 2 aliphatic heterocycles. The topological polar surface area (TPSA) is 69.2 Å². The quantitative estimate of drug-likeness (QED) is 0.517. The highest BCUT2D eigenvalue weighted by atomic mass is 15.2. The van der Waals surface area contributed by atoms with Crippen molar-refractivity contribution in [2.75, 3.05) is 31.1 Å². The lowest BCUT2D eigenvalue weighted by Crippen LogP contribution is -2.58. The number of piperidine rings is 1. The second kappa shape index (κ2) is 7.72. The summed E-state index contributed by atoms with van der Waals surface area (Å²) < 4.78 is 2.18. The number of nitriles is 1. The zero-order chi connectivity index (χ0) is 22.4. The predicted octanol–water partition coefficient (Wildman–Crippen LogP) is 4.43. The maximum absolute atomic E-state index is 9.26. The van der Waals surface area contributed by atoms with Crippen LogP contribution in [0.5, 0.6) is 0 Å². The van der Waals surface area contributed by atoms with Gasteiger partial charge in [0.15, 0.2) is 11.5 Å². The van der Waals surface area contributed by atoms with Crippen molar-refractivity contribution >= 4 is 11.5 Å². The number of nitrogens with one attached hydrogen (secondary N) is 1. The Morgan fingerprint density at radius 1 is 0.970 bits per heavy atom. The maximum atomic E-state index is 9.26. The Labute approximate surface area is 193 Å². The van der Waals surface area contributed by atoms with Crippen LogP contribution in [0.2, 0.25) is 0 Å². The molecule has 33 heavy (non-hydrogen) atoms. The fraction of sp³-hybridized carbons (Fsp3) is 0.296. The Morgan fingerprint density at radius 3 is 2.30 bits per heavy atom. The summed E-state index contributed by atoms with van der Waals surface area (Å²) >= 11 is 0. The molecule has 2 aliphatic rings. The molecule has 164 valence electrons. The van der Waals surface area contributed by atoms with E-state index in [1.54, 1.807) is 0 Å². The fourth-order valence-electron chi connectivity index (χ4n) is 5.10. The minimum absolute atomic E-state index is 0.472. The molecule has 2 fully saturated rings. The van der Waals surface area contributed by atoms with Gasteiger partial charge in [0.25, 0.3) is 0 Å². The average molecular weight is 435 g/mol. The van der Waals surface area contributed by atoms with Crippen LogP contribution in [0, 0.1) is 23.7 Å². The van der Waals surface area contributed by atoms with Crippen molar-refractivity contribution in [3.05, 3.63) is 72.1 Å². The zero-order valence-corrected chi connectivity index (χ0v) is 18.8. The van der Waals surface area contributed by atoms with Crippen molar-refractivity contribution in [1.29, 1.82) is 5.26 Å². The van der Waals surface area contributed by atoms with E-state index in [4.69, 9.17) is 9.97 Å². The van der Waals surface area contributed by atoms with Gasteiger partial charge in [-0.1, -0.05) is 42.0 Å². The molecule has 2 aromatic carbocycles. The zero-order valence-electron chi connectivity index (χ0n) is 18.8. The van der Waals surface area contributed by atoms with Crippen molar-refractivity contribution in [3.63, 3.8) is 0 Å². The summed E-state index contributed by atoms with van der Waals surface area (Å²) in [6.45, 7) is 6.35. The highest BCUT2D eigenvalue weighted by Crippen LogP contribution is 2.39. The SMILES string of the molecule is Cc1ccc(-c2c(-c3ccc(C#N)cc3)nc(N3CCC4(CC3)CNC4)c3nccn23)cc1. The van der Waals surface area contributed by atoms with E-state index in [0.29, 0.717) is 11.0 Å². The largest absolute Gasteiger partial charge is 0.353 e. The number of hydrogen-bond donors (Lipinski definition) is 1. The monoisotopic (exact) mass is 434 g/mol. The molecule has 2 saturated heterocycles.